The van der Waals surface area contributed by atoms with Crippen molar-refractivity contribution in [2.75, 3.05) is 0 Å². The number of furan rings is 1. The Bertz CT molecular complexity index is 3650. The predicted molar refractivity (Wildman–Crippen MR) is 260 cm³/mol. The van der Waals surface area contributed by atoms with E-state index in [1.165, 1.54) is 0 Å². The van der Waals surface area contributed by atoms with Crippen LogP contribution in [0.4, 0.5) is 0 Å². The van der Waals surface area contributed by atoms with Crippen molar-refractivity contribution in [3.63, 3.8) is 0 Å². The van der Waals surface area contributed by atoms with Gasteiger partial charge in [-0.3, -0.25) is 0 Å². The van der Waals surface area contributed by atoms with E-state index in [1.807, 2.05) is 24.3 Å². The second kappa shape index (κ2) is 15.2. The van der Waals surface area contributed by atoms with Crippen molar-refractivity contribution in [1.82, 2.24) is 15.0 Å². The molecule has 12 rings (SSSR count). The van der Waals surface area contributed by atoms with Crippen LogP contribution in [0.2, 0.25) is 0 Å². The van der Waals surface area contributed by atoms with E-state index in [2.05, 4.69) is 200 Å². The van der Waals surface area contributed by atoms with Gasteiger partial charge in [0.1, 0.15) is 11.2 Å². The summed E-state index contributed by atoms with van der Waals surface area (Å²) in [5, 5.41) is 5.53. The number of hydrogen-bond donors (Lipinski definition) is 0. The Labute approximate surface area is 364 Å². The standard InChI is InChI=1S/C59H37N3O/c1-4-16-38(17-5-1)44-23-15-25-46(35-44)59-61-51(40-18-6-2-7-19-40)37-52(62-59)45-24-14-22-43(34-45)39-30-32-41(33-31-39)55-56-47-26-10-12-28-50(47)60-58(42-20-8-3-9-21-42)49(56)36-54-57(55)48-27-11-13-29-53(48)63-54/h1-37H. The molecule has 0 aliphatic carbocycles. The third-order valence-electron chi connectivity index (χ3n) is 12.1. The fourth-order valence-corrected chi connectivity index (χ4v) is 9.06. The maximum atomic E-state index is 6.63. The summed E-state index contributed by atoms with van der Waals surface area (Å²) in [6.07, 6.45) is 0. The number of nitrogens with zero attached hydrogens (tertiary/aromatic N) is 3. The van der Waals surface area contributed by atoms with Gasteiger partial charge in [-0.2, -0.15) is 0 Å². The first-order chi connectivity index (χ1) is 31.2. The van der Waals surface area contributed by atoms with E-state index in [0.29, 0.717) is 5.82 Å². The Kier molecular flexibility index (Phi) is 8.79. The van der Waals surface area contributed by atoms with Gasteiger partial charge in [0.15, 0.2) is 5.82 Å². The Morgan fingerprint density at radius 3 is 1.54 bits per heavy atom. The molecule has 0 fully saturated rings. The lowest BCUT2D eigenvalue weighted by molar-refractivity contribution is 0.669. The Hall–Kier alpha value is -8.47. The highest BCUT2D eigenvalue weighted by atomic mass is 16.3. The highest BCUT2D eigenvalue weighted by Gasteiger charge is 2.22. The minimum absolute atomic E-state index is 0.685. The molecule has 12 aromatic rings. The first-order valence-electron chi connectivity index (χ1n) is 21.3. The quantitative estimate of drug-likeness (QED) is 0.151. The number of para-hydroxylation sites is 2. The average Bonchev–Trinajstić information content (AvgIpc) is 3.74. The molecular formula is C59H37N3O. The van der Waals surface area contributed by atoms with Crippen LogP contribution in [0.1, 0.15) is 0 Å². The molecule has 0 aliphatic heterocycles. The van der Waals surface area contributed by atoms with Crippen LogP contribution in [-0.2, 0) is 0 Å². The Balaban J connectivity index is 1.000. The molecule has 0 saturated carbocycles. The molecule has 0 amide bonds. The predicted octanol–water partition coefficient (Wildman–Crippen LogP) is 15.7. The van der Waals surface area contributed by atoms with E-state index in [1.54, 1.807) is 0 Å². The average molecular weight is 804 g/mol. The van der Waals surface area contributed by atoms with Crippen LogP contribution >= 0.6 is 0 Å². The third-order valence-corrected chi connectivity index (χ3v) is 12.1. The summed E-state index contributed by atoms with van der Waals surface area (Å²) in [6, 6.07) is 78.5. The van der Waals surface area contributed by atoms with Crippen molar-refractivity contribution in [3.05, 3.63) is 224 Å². The van der Waals surface area contributed by atoms with E-state index < -0.39 is 0 Å². The van der Waals surface area contributed by atoms with Gasteiger partial charge in [0.25, 0.3) is 0 Å². The number of benzene rings is 9. The molecule has 0 spiro atoms. The highest BCUT2D eigenvalue weighted by molar-refractivity contribution is 6.27. The molecule has 294 valence electrons. The van der Waals surface area contributed by atoms with Crippen LogP contribution in [0.15, 0.2) is 229 Å². The molecular weight excluding hydrogens is 767 g/mol. The van der Waals surface area contributed by atoms with Crippen LogP contribution in [-0.4, -0.2) is 15.0 Å². The van der Waals surface area contributed by atoms with E-state index in [-0.39, 0.29) is 0 Å². The van der Waals surface area contributed by atoms with Gasteiger partial charge < -0.3 is 4.42 Å². The van der Waals surface area contributed by atoms with Gasteiger partial charge in [0.2, 0.25) is 0 Å². The maximum absolute atomic E-state index is 6.63. The molecule has 0 aliphatic rings. The summed E-state index contributed by atoms with van der Waals surface area (Å²) in [7, 11) is 0. The van der Waals surface area contributed by atoms with Crippen LogP contribution in [0.3, 0.4) is 0 Å². The van der Waals surface area contributed by atoms with E-state index >= 15 is 0 Å². The maximum Gasteiger partial charge on any atom is 0.160 e. The molecule has 3 aromatic heterocycles. The van der Waals surface area contributed by atoms with Crippen LogP contribution in [0.5, 0.6) is 0 Å². The highest BCUT2D eigenvalue weighted by Crippen LogP contribution is 2.46. The van der Waals surface area contributed by atoms with Crippen molar-refractivity contribution < 1.29 is 4.42 Å². The second-order valence-electron chi connectivity index (χ2n) is 15.9. The summed E-state index contributed by atoms with van der Waals surface area (Å²) in [5.41, 5.74) is 16.2. The molecule has 0 bridgehead atoms. The molecule has 63 heavy (non-hydrogen) atoms. The van der Waals surface area contributed by atoms with Gasteiger partial charge in [-0.15, -0.1) is 0 Å². The Morgan fingerprint density at radius 1 is 0.286 bits per heavy atom. The zero-order chi connectivity index (χ0) is 41.7. The van der Waals surface area contributed by atoms with Crippen LogP contribution < -0.4 is 0 Å². The van der Waals surface area contributed by atoms with Gasteiger partial charge in [0, 0.05) is 54.7 Å². The number of aromatic nitrogens is 3. The molecule has 4 nitrogen and oxygen atoms in total. The zero-order valence-corrected chi connectivity index (χ0v) is 34.1. The van der Waals surface area contributed by atoms with Gasteiger partial charge in [-0.05, 0) is 64.2 Å². The fraction of sp³-hybridized carbons (Fsp3) is 0. The van der Waals surface area contributed by atoms with Crippen molar-refractivity contribution in [2.45, 2.75) is 0 Å². The molecule has 3 heterocycles. The lowest BCUT2D eigenvalue weighted by Gasteiger charge is -2.16. The van der Waals surface area contributed by atoms with Gasteiger partial charge in [-0.25, -0.2) is 15.0 Å². The number of rotatable bonds is 7. The first-order valence-corrected chi connectivity index (χ1v) is 21.3. The second-order valence-corrected chi connectivity index (χ2v) is 15.9. The van der Waals surface area contributed by atoms with Crippen molar-refractivity contribution in [1.29, 1.82) is 0 Å². The fourth-order valence-electron chi connectivity index (χ4n) is 9.06. The first kappa shape index (κ1) is 36.4. The van der Waals surface area contributed by atoms with E-state index in [4.69, 9.17) is 19.4 Å². The lowest BCUT2D eigenvalue weighted by atomic mass is 9.89. The summed E-state index contributed by atoms with van der Waals surface area (Å²) in [5.74, 6) is 0.685. The molecule has 9 aromatic carbocycles. The van der Waals surface area contributed by atoms with Crippen LogP contribution in [0, 0.1) is 0 Å². The number of fused-ring (bicyclic) bond motifs is 6. The molecule has 0 N–H and O–H groups in total. The molecule has 4 heteroatoms. The topological polar surface area (TPSA) is 51.8 Å². The van der Waals surface area contributed by atoms with Crippen molar-refractivity contribution in [3.8, 4) is 78.5 Å². The summed E-state index contributed by atoms with van der Waals surface area (Å²) < 4.78 is 6.63. The molecule has 0 atom stereocenters. The third kappa shape index (κ3) is 6.53. The van der Waals surface area contributed by atoms with E-state index in [0.717, 1.165) is 116 Å². The van der Waals surface area contributed by atoms with Crippen molar-refractivity contribution in [2.24, 2.45) is 0 Å². The number of hydrogen-bond acceptors (Lipinski definition) is 4. The smallest absolute Gasteiger partial charge is 0.160 e. The molecule has 0 radical (unpaired) electrons. The summed E-state index contributed by atoms with van der Waals surface area (Å²) in [4.78, 5) is 15.6. The summed E-state index contributed by atoms with van der Waals surface area (Å²) in [6.45, 7) is 0. The van der Waals surface area contributed by atoms with Crippen molar-refractivity contribution >= 4 is 43.6 Å². The minimum atomic E-state index is 0.685. The number of pyridine rings is 1. The van der Waals surface area contributed by atoms with E-state index in [9.17, 15) is 0 Å². The minimum Gasteiger partial charge on any atom is -0.456 e. The summed E-state index contributed by atoms with van der Waals surface area (Å²) >= 11 is 0. The van der Waals surface area contributed by atoms with Crippen LogP contribution in [0.25, 0.3) is 122 Å². The SMILES string of the molecule is c1ccc(-c2cccc(-c3nc(-c4ccccc4)cc(-c4cccc(-c5ccc(-c6c7c(cc8c(-c9ccccc9)nc9ccccc9c68)oc6ccccc67)cc5)c4)n3)c2)cc1. The van der Waals surface area contributed by atoms with Gasteiger partial charge >= 0.3 is 0 Å². The van der Waals surface area contributed by atoms with Gasteiger partial charge in [-0.1, -0.05) is 188 Å². The normalized spacial score (nSPS) is 11.5. The monoisotopic (exact) mass is 803 g/mol. The lowest BCUT2D eigenvalue weighted by Crippen LogP contribution is -1.96. The zero-order valence-electron chi connectivity index (χ0n) is 34.1. The molecule has 0 saturated heterocycles. The molecule has 0 unspecified atom stereocenters. The van der Waals surface area contributed by atoms with Gasteiger partial charge in [0.05, 0.1) is 22.6 Å². The Morgan fingerprint density at radius 2 is 0.810 bits per heavy atom. The largest absolute Gasteiger partial charge is 0.456 e.